The standard InChI is InChI=1S/C12H21N5O2/c1-7(2)5-14-11(18)8(3)15-12(19)10-9(13)6-17(4)16-10/h6-8H,5,13H2,1-4H3,(H,14,18)(H,15,19). The summed E-state index contributed by atoms with van der Waals surface area (Å²) in [6.07, 6.45) is 1.54. The van der Waals surface area contributed by atoms with Gasteiger partial charge in [0.05, 0.1) is 5.69 Å². The molecule has 0 saturated heterocycles. The smallest absolute Gasteiger partial charge is 0.274 e. The van der Waals surface area contributed by atoms with E-state index in [-0.39, 0.29) is 17.3 Å². The Morgan fingerprint density at radius 1 is 1.42 bits per heavy atom. The molecule has 7 heteroatoms. The largest absolute Gasteiger partial charge is 0.396 e. The molecule has 0 fully saturated rings. The van der Waals surface area contributed by atoms with Crippen molar-refractivity contribution in [1.82, 2.24) is 20.4 Å². The van der Waals surface area contributed by atoms with E-state index in [1.54, 1.807) is 20.2 Å². The minimum atomic E-state index is -0.632. The van der Waals surface area contributed by atoms with Crippen molar-refractivity contribution in [2.45, 2.75) is 26.8 Å². The Morgan fingerprint density at radius 3 is 2.53 bits per heavy atom. The van der Waals surface area contributed by atoms with Crippen LogP contribution in [0.2, 0.25) is 0 Å². The maximum Gasteiger partial charge on any atom is 0.274 e. The zero-order chi connectivity index (χ0) is 14.6. The lowest BCUT2D eigenvalue weighted by atomic mass is 10.2. The zero-order valence-corrected chi connectivity index (χ0v) is 11.7. The van der Waals surface area contributed by atoms with Crippen LogP contribution >= 0.6 is 0 Å². The average molecular weight is 267 g/mol. The zero-order valence-electron chi connectivity index (χ0n) is 11.7. The molecule has 2 amide bonds. The van der Waals surface area contributed by atoms with Crippen LogP contribution in [0.5, 0.6) is 0 Å². The van der Waals surface area contributed by atoms with Gasteiger partial charge in [0.2, 0.25) is 5.91 Å². The predicted octanol–water partition coefficient (Wildman–Crippen LogP) is -0.107. The van der Waals surface area contributed by atoms with Crippen LogP contribution in [0.25, 0.3) is 0 Å². The van der Waals surface area contributed by atoms with Crippen molar-refractivity contribution in [3.05, 3.63) is 11.9 Å². The number of nitrogen functional groups attached to an aromatic ring is 1. The molecule has 1 heterocycles. The molecule has 1 aromatic rings. The van der Waals surface area contributed by atoms with Gasteiger partial charge in [0.25, 0.3) is 5.91 Å². The fraction of sp³-hybridized carbons (Fsp3) is 0.583. The molecule has 19 heavy (non-hydrogen) atoms. The number of aryl methyl sites for hydroxylation is 1. The molecule has 0 aliphatic rings. The lowest BCUT2D eigenvalue weighted by molar-refractivity contribution is -0.122. The van der Waals surface area contributed by atoms with E-state index in [0.717, 1.165) is 0 Å². The van der Waals surface area contributed by atoms with Crippen LogP contribution in [0.15, 0.2) is 6.20 Å². The molecule has 1 atom stereocenters. The van der Waals surface area contributed by atoms with Gasteiger partial charge >= 0.3 is 0 Å². The van der Waals surface area contributed by atoms with Crippen molar-refractivity contribution >= 4 is 17.5 Å². The third-order valence-electron chi connectivity index (χ3n) is 2.50. The van der Waals surface area contributed by atoms with Gasteiger partial charge in [-0.15, -0.1) is 0 Å². The van der Waals surface area contributed by atoms with Gasteiger partial charge < -0.3 is 16.4 Å². The molecule has 0 aliphatic carbocycles. The number of rotatable bonds is 5. The van der Waals surface area contributed by atoms with Gasteiger partial charge in [-0.3, -0.25) is 14.3 Å². The molecular formula is C12H21N5O2. The number of nitrogens with two attached hydrogens (primary N) is 1. The SMILES string of the molecule is CC(C)CNC(=O)C(C)NC(=O)c1nn(C)cc1N. The molecular weight excluding hydrogens is 246 g/mol. The Labute approximate surface area is 112 Å². The summed E-state index contributed by atoms with van der Waals surface area (Å²) in [7, 11) is 1.67. The number of nitrogens with one attached hydrogen (secondary N) is 2. The van der Waals surface area contributed by atoms with E-state index in [2.05, 4.69) is 15.7 Å². The summed E-state index contributed by atoms with van der Waals surface area (Å²) in [4.78, 5) is 23.6. The first-order valence-electron chi connectivity index (χ1n) is 6.19. The summed E-state index contributed by atoms with van der Waals surface area (Å²) in [5.41, 5.74) is 6.07. The molecule has 7 nitrogen and oxygen atoms in total. The molecule has 1 unspecified atom stereocenters. The van der Waals surface area contributed by atoms with Crippen molar-refractivity contribution in [3.8, 4) is 0 Å². The Balaban J connectivity index is 2.57. The molecule has 0 spiro atoms. The molecule has 1 aromatic heterocycles. The van der Waals surface area contributed by atoms with Gasteiger partial charge in [0, 0.05) is 19.8 Å². The van der Waals surface area contributed by atoms with Crippen molar-refractivity contribution in [2.75, 3.05) is 12.3 Å². The van der Waals surface area contributed by atoms with Gasteiger partial charge in [0.15, 0.2) is 5.69 Å². The molecule has 4 N–H and O–H groups in total. The Hall–Kier alpha value is -2.05. The summed E-state index contributed by atoms with van der Waals surface area (Å²) in [5, 5.41) is 9.26. The molecule has 0 aromatic carbocycles. The lowest BCUT2D eigenvalue weighted by Gasteiger charge is -2.14. The van der Waals surface area contributed by atoms with E-state index in [1.165, 1.54) is 4.68 Å². The summed E-state index contributed by atoms with van der Waals surface area (Å²) in [6, 6.07) is -0.632. The van der Waals surface area contributed by atoms with Crippen LogP contribution in [-0.2, 0) is 11.8 Å². The van der Waals surface area contributed by atoms with Gasteiger partial charge in [-0.2, -0.15) is 5.10 Å². The van der Waals surface area contributed by atoms with Gasteiger partial charge in [0.1, 0.15) is 6.04 Å². The number of hydrogen-bond donors (Lipinski definition) is 3. The molecule has 0 radical (unpaired) electrons. The Kier molecular flexibility index (Phi) is 4.91. The van der Waals surface area contributed by atoms with Crippen molar-refractivity contribution in [1.29, 1.82) is 0 Å². The lowest BCUT2D eigenvalue weighted by Crippen LogP contribution is -2.45. The second kappa shape index (κ2) is 6.21. The normalized spacial score (nSPS) is 12.3. The van der Waals surface area contributed by atoms with Gasteiger partial charge in [-0.25, -0.2) is 0 Å². The van der Waals surface area contributed by atoms with E-state index in [0.29, 0.717) is 12.5 Å². The molecule has 106 valence electrons. The summed E-state index contributed by atoms with van der Waals surface area (Å²) in [6.45, 7) is 6.19. The Morgan fingerprint density at radius 2 is 2.05 bits per heavy atom. The highest BCUT2D eigenvalue weighted by Gasteiger charge is 2.20. The number of carbonyl (C=O) groups is 2. The number of nitrogens with zero attached hydrogens (tertiary/aromatic N) is 2. The highest BCUT2D eigenvalue weighted by molar-refractivity contribution is 5.99. The van der Waals surface area contributed by atoms with Crippen LogP contribution in [0.1, 0.15) is 31.3 Å². The number of amides is 2. The maximum absolute atomic E-state index is 11.9. The van der Waals surface area contributed by atoms with Crippen LogP contribution in [0.4, 0.5) is 5.69 Å². The van der Waals surface area contributed by atoms with Crippen molar-refractivity contribution in [2.24, 2.45) is 13.0 Å². The fourth-order valence-electron chi connectivity index (χ4n) is 1.47. The number of aromatic nitrogens is 2. The first-order valence-corrected chi connectivity index (χ1v) is 6.19. The third kappa shape index (κ3) is 4.27. The van der Waals surface area contributed by atoms with Crippen LogP contribution in [-0.4, -0.2) is 34.2 Å². The quantitative estimate of drug-likeness (QED) is 0.693. The van der Waals surface area contributed by atoms with Crippen molar-refractivity contribution in [3.63, 3.8) is 0 Å². The second-order valence-electron chi connectivity index (χ2n) is 4.94. The summed E-state index contributed by atoms with van der Waals surface area (Å²) >= 11 is 0. The van der Waals surface area contributed by atoms with E-state index >= 15 is 0 Å². The predicted molar refractivity (Wildman–Crippen MR) is 72.4 cm³/mol. The highest BCUT2D eigenvalue weighted by atomic mass is 16.2. The van der Waals surface area contributed by atoms with Gasteiger partial charge in [-0.1, -0.05) is 13.8 Å². The first-order chi connectivity index (χ1) is 8.81. The minimum Gasteiger partial charge on any atom is -0.396 e. The van der Waals surface area contributed by atoms with E-state index in [1.807, 2.05) is 13.8 Å². The van der Waals surface area contributed by atoms with Crippen LogP contribution in [0.3, 0.4) is 0 Å². The van der Waals surface area contributed by atoms with Gasteiger partial charge in [-0.05, 0) is 12.8 Å². The summed E-state index contributed by atoms with van der Waals surface area (Å²) in [5.74, 6) is -0.319. The number of anilines is 1. The van der Waals surface area contributed by atoms with E-state index in [9.17, 15) is 9.59 Å². The molecule has 0 aliphatic heterocycles. The van der Waals surface area contributed by atoms with Crippen LogP contribution < -0.4 is 16.4 Å². The highest BCUT2D eigenvalue weighted by Crippen LogP contribution is 2.07. The average Bonchev–Trinajstić information content (AvgIpc) is 2.65. The summed E-state index contributed by atoms with van der Waals surface area (Å²) < 4.78 is 1.45. The third-order valence-corrected chi connectivity index (χ3v) is 2.50. The molecule has 0 bridgehead atoms. The first kappa shape index (κ1) is 15.0. The monoisotopic (exact) mass is 267 g/mol. The number of hydrogen-bond acceptors (Lipinski definition) is 4. The number of carbonyl (C=O) groups excluding carboxylic acids is 2. The maximum atomic E-state index is 11.9. The second-order valence-corrected chi connectivity index (χ2v) is 4.94. The molecule has 0 saturated carbocycles. The minimum absolute atomic E-state index is 0.131. The van der Waals surface area contributed by atoms with E-state index in [4.69, 9.17) is 5.73 Å². The fourth-order valence-corrected chi connectivity index (χ4v) is 1.47. The molecule has 1 rings (SSSR count). The Bertz CT molecular complexity index is 467. The topological polar surface area (TPSA) is 102 Å². The van der Waals surface area contributed by atoms with E-state index < -0.39 is 11.9 Å². The van der Waals surface area contributed by atoms with Crippen molar-refractivity contribution < 1.29 is 9.59 Å². The van der Waals surface area contributed by atoms with Crippen LogP contribution in [0, 0.1) is 5.92 Å².